The maximum Gasteiger partial charge on any atom is 0.490 e. The van der Waals surface area contributed by atoms with Crippen LogP contribution in [-0.2, 0) is 35.6 Å². The van der Waals surface area contributed by atoms with E-state index in [2.05, 4.69) is 9.88 Å². The van der Waals surface area contributed by atoms with Crippen LogP contribution in [0.4, 0.5) is 26.3 Å². The zero-order chi connectivity index (χ0) is 29.2. The Hall–Kier alpha value is -2.54. The van der Waals surface area contributed by atoms with Crippen molar-refractivity contribution in [3.8, 4) is 0 Å². The number of halogens is 6. The number of aliphatic carboxylic acids is 2. The molecule has 2 aliphatic rings. The van der Waals surface area contributed by atoms with Gasteiger partial charge in [0.1, 0.15) is 5.60 Å². The zero-order valence-electron chi connectivity index (χ0n) is 20.0. The number of pyridine rings is 1. The van der Waals surface area contributed by atoms with Crippen LogP contribution in [0.15, 0.2) is 24.5 Å². The number of alkyl halides is 6. The Morgan fingerprint density at radius 1 is 1.00 bits per heavy atom. The molecule has 1 atom stereocenters. The molecule has 2 saturated heterocycles. The van der Waals surface area contributed by atoms with Crippen LogP contribution in [0.2, 0.25) is 0 Å². The summed E-state index contributed by atoms with van der Waals surface area (Å²) in [5, 5.41) is 14.2. The monoisotopic (exact) mass is 583 g/mol. The summed E-state index contributed by atoms with van der Waals surface area (Å²) >= 11 is 0. The van der Waals surface area contributed by atoms with E-state index in [0.717, 1.165) is 13.1 Å². The van der Waals surface area contributed by atoms with Crippen molar-refractivity contribution in [3.05, 3.63) is 30.1 Å². The van der Waals surface area contributed by atoms with Crippen molar-refractivity contribution in [2.75, 3.05) is 51.8 Å². The van der Waals surface area contributed by atoms with Crippen molar-refractivity contribution in [1.82, 2.24) is 14.2 Å². The number of carbonyl (C=O) groups is 2. The molecule has 3 heterocycles. The highest BCUT2D eigenvalue weighted by atomic mass is 32.2. The van der Waals surface area contributed by atoms with Crippen molar-refractivity contribution in [2.45, 2.75) is 31.4 Å². The van der Waals surface area contributed by atoms with Gasteiger partial charge in [0.25, 0.3) is 0 Å². The number of nitrogens with zero attached hydrogens (tertiary/aromatic N) is 3. The van der Waals surface area contributed by atoms with Crippen molar-refractivity contribution in [1.29, 1.82) is 0 Å². The minimum atomic E-state index is -5.08. The fraction of sp³-hybridized carbons (Fsp3) is 0.650. The second-order valence-corrected chi connectivity index (χ2v) is 10.2. The van der Waals surface area contributed by atoms with E-state index in [-0.39, 0.29) is 5.75 Å². The van der Waals surface area contributed by atoms with Crippen molar-refractivity contribution in [2.24, 2.45) is 0 Å². The molecule has 38 heavy (non-hydrogen) atoms. The lowest BCUT2D eigenvalue weighted by Crippen LogP contribution is -2.59. The van der Waals surface area contributed by atoms with Gasteiger partial charge in [-0.3, -0.25) is 9.88 Å². The van der Waals surface area contributed by atoms with Crippen molar-refractivity contribution in [3.63, 3.8) is 0 Å². The van der Waals surface area contributed by atoms with Gasteiger partial charge in [-0.05, 0) is 24.6 Å². The summed E-state index contributed by atoms with van der Waals surface area (Å²) in [6, 6.07) is 3.99. The zero-order valence-corrected chi connectivity index (χ0v) is 20.9. The number of carboxylic acids is 2. The average Bonchev–Trinajstić information content (AvgIpc) is 3.01. The second kappa shape index (κ2) is 14.0. The Bertz CT molecular complexity index is 986. The molecule has 0 radical (unpaired) electrons. The minimum Gasteiger partial charge on any atom is -0.475 e. The van der Waals surface area contributed by atoms with Gasteiger partial charge in [-0.1, -0.05) is 0 Å². The highest BCUT2D eigenvalue weighted by molar-refractivity contribution is 7.89. The molecule has 0 aliphatic carbocycles. The molecule has 18 heteroatoms. The van der Waals surface area contributed by atoms with Crippen LogP contribution in [0.3, 0.4) is 0 Å². The molecule has 1 unspecified atom stereocenters. The number of rotatable bonds is 4. The number of ether oxygens (including phenoxy) is 2. The van der Waals surface area contributed by atoms with Gasteiger partial charge in [0, 0.05) is 45.1 Å². The van der Waals surface area contributed by atoms with Gasteiger partial charge < -0.3 is 19.7 Å². The number of aromatic nitrogens is 1. The second-order valence-electron chi connectivity index (χ2n) is 7.99. The quantitative estimate of drug-likeness (QED) is 0.501. The van der Waals surface area contributed by atoms with Gasteiger partial charge in [-0.15, -0.1) is 0 Å². The number of hydrogen-bond donors (Lipinski definition) is 2. The number of carboxylic acid groups (broad SMARTS) is 2. The van der Waals surface area contributed by atoms with Crippen LogP contribution >= 0.6 is 0 Å². The first-order valence-electron chi connectivity index (χ1n) is 10.8. The lowest BCUT2D eigenvalue weighted by atomic mass is 10.0. The van der Waals surface area contributed by atoms with Crippen LogP contribution in [0.1, 0.15) is 12.5 Å². The fourth-order valence-corrected chi connectivity index (χ4v) is 4.43. The smallest absolute Gasteiger partial charge is 0.475 e. The highest BCUT2D eigenvalue weighted by Crippen LogP contribution is 2.25. The van der Waals surface area contributed by atoms with E-state index in [1.165, 1.54) is 5.56 Å². The number of sulfonamides is 1. The fourth-order valence-electron chi connectivity index (χ4n) is 3.28. The summed E-state index contributed by atoms with van der Waals surface area (Å²) in [7, 11) is -3.21. The Morgan fingerprint density at radius 3 is 2.00 bits per heavy atom. The third-order valence-electron chi connectivity index (χ3n) is 5.04. The summed E-state index contributed by atoms with van der Waals surface area (Å²) in [6.45, 7) is 6.14. The van der Waals surface area contributed by atoms with Crippen molar-refractivity contribution >= 4 is 22.0 Å². The number of morpholine rings is 1. The van der Waals surface area contributed by atoms with Gasteiger partial charge >= 0.3 is 24.3 Å². The molecular weight excluding hydrogens is 556 g/mol. The van der Waals surface area contributed by atoms with E-state index in [1.807, 2.05) is 12.1 Å². The van der Waals surface area contributed by atoms with E-state index < -0.39 is 39.9 Å². The molecule has 0 bridgehead atoms. The largest absolute Gasteiger partial charge is 0.490 e. The molecule has 218 valence electrons. The lowest BCUT2D eigenvalue weighted by molar-refractivity contribution is -0.193. The third-order valence-corrected chi connectivity index (χ3v) is 6.87. The van der Waals surface area contributed by atoms with E-state index in [1.54, 1.807) is 23.6 Å². The Labute approximate surface area is 214 Å². The van der Waals surface area contributed by atoms with E-state index in [0.29, 0.717) is 39.5 Å². The molecule has 1 spiro atoms. The van der Waals surface area contributed by atoms with Gasteiger partial charge in [0.2, 0.25) is 10.0 Å². The third kappa shape index (κ3) is 11.5. The summed E-state index contributed by atoms with van der Waals surface area (Å²) < 4.78 is 101. The molecule has 1 aromatic rings. The van der Waals surface area contributed by atoms with Crippen LogP contribution in [0, 0.1) is 0 Å². The summed E-state index contributed by atoms with van der Waals surface area (Å²) in [6.07, 6.45) is -6.60. The van der Waals surface area contributed by atoms with Gasteiger partial charge in [0.05, 0.1) is 25.6 Å². The normalized spacial score (nSPS) is 21.3. The maximum absolute atomic E-state index is 12.2. The standard InChI is InChI=1S/C16H25N3O4S.2C2HF3O2/c1-2-24(20,21)19-8-10-23-16(13-19)12-18(7-9-22-14-16)11-15-3-5-17-6-4-15;2*3-2(4,5)1(6)7/h3-6H,2,7-14H2,1H3;2*(H,6,7). The molecular formula is C20H27F6N3O8S. The minimum absolute atomic E-state index is 0.116. The molecule has 11 nitrogen and oxygen atoms in total. The van der Waals surface area contributed by atoms with Crippen LogP contribution < -0.4 is 0 Å². The van der Waals surface area contributed by atoms with Gasteiger partial charge in [-0.2, -0.15) is 30.6 Å². The van der Waals surface area contributed by atoms with E-state index >= 15 is 0 Å². The predicted octanol–water partition coefficient (Wildman–Crippen LogP) is 1.60. The molecule has 1 aromatic heterocycles. The molecule has 0 aromatic carbocycles. The maximum atomic E-state index is 12.2. The molecule has 0 amide bonds. The first kappa shape index (κ1) is 33.5. The van der Waals surface area contributed by atoms with Crippen molar-refractivity contribution < 1.29 is 64.0 Å². The SMILES string of the molecule is CCS(=O)(=O)N1CCOC2(COCCN(Cc3ccncc3)C2)C1.O=C(O)C(F)(F)F.O=C(O)C(F)(F)F. The summed E-state index contributed by atoms with van der Waals surface area (Å²) in [5.74, 6) is -5.40. The predicted molar refractivity (Wildman–Crippen MR) is 117 cm³/mol. The number of hydrogen-bond acceptors (Lipinski definition) is 8. The van der Waals surface area contributed by atoms with E-state index in [4.69, 9.17) is 29.3 Å². The van der Waals surface area contributed by atoms with Crippen LogP contribution in [0.25, 0.3) is 0 Å². The van der Waals surface area contributed by atoms with Gasteiger partial charge in [0.15, 0.2) is 0 Å². The first-order valence-corrected chi connectivity index (χ1v) is 12.4. The summed E-state index contributed by atoms with van der Waals surface area (Å²) in [5.41, 5.74) is 0.584. The Morgan fingerprint density at radius 2 is 1.53 bits per heavy atom. The topological polar surface area (TPSA) is 147 Å². The molecule has 3 rings (SSSR count). The summed E-state index contributed by atoms with van der Waals surface area (Å²) in [4.78, 5) is 24.1. The average molecular weight is 584 g/mol. The highest BCUT2D eigenvalue weighted by Gasteiger charge is 2.43. The molecule has 2 aliphatic heterocycles. The first-order chi connectivity index (χ1) is 17.4. The van der Waals surface area contributed by atoms with E-state index in [9.17, 15) is 34.8 Å². The Kier molecular flexibility index (Phi) is 12.4. The molecule has 2 N–H and O–H groups in total. The lowest BCUT2D eigenvalue weighted by Gasteiger charge is -2.42. The molecule has 0 saturated carbocycles. The van der Waals surface area contributed by atoms with Crippen LogP contribution in [-0.4, -0.2) is 114 Å². The van der Waals surface area contributed by atoms with Crippen LogP contribution in [0.5, 0.6) is 0 Å². The Balaban J connectivity index is 0.000000426. The van der Waals surface area contributed by atoms with Gasteiger partial charge in [-0.25, -0.2) is 18.0 Å². The molecule has 2 fully saturated rings.